The van der Waals surface area contributed by atoms with Crippen LogP contribution in [0.25, 0.3) is 0 Å². The zero-order chi connectivity index (χ0) is 10.7. The number of hydrogen-bond donors (Lipinski definition) is 1. The second-order valence-electron chi connectivity index (χ2n) is 2.31. The second-order valence-corrected chi connectivity index (χ2v) is 3.08. The van der Waals surface area contributed by atoms with Gasteiger partial charge in [0, 0.05) is 17.7 Å². The van der Waals surface area contributed by atoms with Gasteiger partial charge in [-0.05, 0) is 6.07 Å². The summed E-state index contributed by atoms with van der Waals surface area (Å²) >= 11 is 11.1. The number of nitro groups is 1. The predicted molar refractivity (Wildman–Crippen MR) is 52.3 cm³/mol. The SMILES string of the molecule is O=[N+]([O-])c1ccc(Cl)c(/C(Cl)=N\O)c1. The number of halogens is 2. The molecule has 0 fully saturated rings. The molecular weight excluding hydrogens is 231 g/mol. The van der Waals surface area contributed by atoms with Crippen molar-refractivity contribution in [2.24, 2.45) is 5.16 Å². The van der Waals surface area contributed by atoms with Crippen LogP contribution in [0.5, 0.6) is 0 Å². The Kier molecular flexibility index (Phi) is 3.27. The average molecular weight is 235 g/mol. The molecule has 0 unspecified atom stereocenters. The lowest BCUT2D eigenvalue weighted by Crippen LogP contribution is -1.95. The van der Waals surface area contributed by atoms with Gasteiger partial charge in [0.05, 0.1) is 9.95 Å². The number of hydrogen-bond acceptors (Lipinski definition) is 4. The van der Waals surface area contributed by atoms with Gasteiger partial charge < -0.3 is 5.21 Å². The molecule has 0 aliphatic rings. The lowest BCUT2D eigenvalue weighted by molar-refractivity contribution is -0.384. The van der Waals surface area contributed by atoms with Crippen LogP contribution in [-0.2, 0) is 0 Å². The summed E-state index contributed by atoms with van der Waals surface area (Å²) in [7, 11) is 0. The van der Waals surface area contributed by atoms with Crippen LogP contribution in [0.3, 0.4) is 0 Å². The van der Waals surface area contributed by atoms with Crippen molar-refractivity contribution in [3.05, 3.63) is 38.9 Å². The van der Waals surface area contributed by atoms with Crippen LogP contribution in [-0.4, -0.2) is 15.3 Å². The lowest BCUT2D eigenvalue weighted by atomic mass is 10.2. The summed E-state index contributed by atoms with van der Waals surface area (Å²) in [6, 6.07) is 3.67. The molecule has 0 aliphatic carbocycles. The summed E-state index contributed by atoms with van der Waals surface area (Å²) in [4.78, 5) is 9.80. The maximum Gasteiger partial charge on any atom is 0.270 e. The van der Waals surface area contributed by atoms with Crippen molar-refractivity contribution in [3.63, 3.8) is 0 Å². The number of rotatable bonds is 2. The van der Waals surface area contributed by atoms with E-state index < -0.39 is 4.92 Å². The number of benzene rings is 1. The van der Waals surface area contributed by atoms with Gasteiger partial charge >= 0.3 is 0 Å². The van der Waals surface area contributed by atoms with Gasteiger partial charge in [-0.2, -0.15) is 0 Å². The zero-order valence-electron chi connectivity index (χ0n) is 6.65. The van der Waals surface area contributed by atoms with E-state index in [2.05, 4.69) is 5.16 Å². The van der Waals surface area contributed by atoms with E-state index in [0.717, 1.165) is 6.07 Å². The minimum Gasteiger partial charge on any atom is -0.410 e. The molecule has 0 bridgehead atoms. The summed E-state index contributed by atoms with van der Waals surface area (Å²) in [6.07, 6.45) is 0. The van der Waals surface area contributed by atoms with E-state index in [-0.39, 0.29) is 21.4 Å². The van der Waals surface area contributed by atoms with Crippen molar-refractivity contribution in [3.8, 4) is 0 Å². The Morgan fingerprint density at radius 2 is 2.21 bits per heavy atom. The minimum absolute atomic E-state index is 0.116. The molecule has 1 aromatic carbocycles. The van der Waals surface area contributed by atoms with E-state index in [0.29, 0.717) is 0 Å². The highest BCUT2D eigenvalue weighted by molar-refractivity contribution is 6.70. The Morgan fingerprint density at radius 1 is 1.57 bits per heavy atom. The van der Waals surface area contributed by atoms with E-state index >= 15 is 0 Å². The van der Waals surface area contributed by atoms with Crippen LogP contribution in [0.1, 0.15) is 5.56 Å². The Labute approximate surface area is 88.7 Å². The van der Waals surface area contributed by atoms with E-state index in [9.17, 15) is 10.1 Å². The van der Waals surface area contributed by atoms with Crippen LogP contribution >= 0.6 is 23.2 Å². The first-order valence-electron chi connectivity index (χ1n) is 3.38. The van der Waals surface area contributed by atoms with Crippen molar-refractivity contribution < 1.29 is 10.1 Å². The van der Waals surface area contributed by atoms with Gasteiger partial charge in [-0.3, -0.25) is 10.1 Å². The Bertz CT molecular complexity index is 406. The third-order valence-corrected chi connectivity index (χ3v) is 2.08. The van der Waals surface area contributed by atoms with Crippen molar-refractivity contribution in [1.29, 1.82) is 0 Å². The highest BCUT2D eigenvalue weighted by atomic mass is 35.5. The fourth-order valence-electron chi connectivity index (χ4n) is 0.839. The molecule has 1 aromatic rings. The topological polar surface area (TPSA) is 75.7 Å². The van der Waals surface area contributed by atoms with E-state index in [1.54, 1.807) is 0 Å². The molecule has 0 aromatic heterocycles. The lowest BCUT2D eigenvalue weighted by Gasteiger charge is -1.99. The minimum atomic E-state index is -0.596. The van der Waals surface area contributed by atoms with Crippen LogP contribution in [0.4, 0.5) is 5.69 Å². The fourth-order valence-corrected chi connectivity index (χ4v) is 1.25. The smallest absolute Gasteiger partial charge is 0.270 e. The molecule has 0 amide bonds. The van der Waals surface area contributed by atoms with E-state index in [1.165, 1.54) is 12.1 Å². The molecule has 0 heterocycles. The summed E-state index contributed by atoms with van der Waals surface area (Å²) in [6.45, 7) is 0. The van der Waals surface area contributed by atoms with Gasteiger partial charge in [-0.1, -0.05) is 28.4 Å². The van der Waals surface area contributed by atoms with Crippen LogP contribution < -0.4 is 0 Å². The summed E-state index contributed by atoms with van der Waals surface area (Å²) in [5, 5.41) is 21.3. The molecule has 14 heavy (non-hydrogen) atoms. The van der Waals surface area contributed by atoms with Crippen molar-refractivity contribution in [1.82, 2.24) is 0 Å². The molecule has 74 valence electrons. The number of non-ortho nitro benzene ring substituents is 1. The third kappa shape index (κ3) is 2.12. The molecule has 1 rings (SSSR count). The second kappa shape index (κ2) is 4.26. The van der Waals surface area contributed by atoms with Gasteiger partial charge in [-0.15, -0.1) is 0 Å². The first-order valence-corrected chi connectivity index (χ1v) is 4.13. The average Bonchev–Trinajstić information content (AvgIpc) is 2.17. The normalized spacial score (nSPS) is 11.4. The highest BCUT2D eigenvalue weighted by Gasteiger charge is 2.12. The molecule has 0 spiro atoms. The third-order valence-electron chi connectivity index (χ3n) is 1.47. The summed E-state index contributed by atoms with van der Waals surface area (Å²) in [5.74, 6) is 0. The number of oxime groups is 1. The monoisotopic (exact) mass is 234 g/mol. The van der Waals surface area contributed by atoms with Crippen LogP contribution in [0.2, 0.25) is 5.02 Å². The van der Waals surface area contributed by atoms with E-state index in [4.69, 9.17) is 28.4 Å². The zero-order valence-corrected chi connectivity index (χ0v) is 8.16. The highest BCUT2D eigenvalue weighted by Crippen LogP contribution is 2.23. The van der Waals surface area contributed by atoms with Crippen LogP contribution in [0, 0.1) is 10.1 Å². The molecule has 0 atom stereocenters. The standard InChI is InChI=1S/C7H4Cl2N2O3/c8-6-2-1-4(11(13)14)3-5(6)7(9)10-12/h1-3,12H/b10-7+. The predicted octanol–water partition coefficient (Wildman–Crippen LogP) is 2.62. The largest absolute Gasteiger partial charge is 0.410 e. The molecule has 5 nitrogen and oxygen atoms in total. The summed E-state index contributed by atoms with van der Waals surface area (Å²) < 4.78 is 0. The molecule has 0 saturated carbocycles. The van der Waals surface area contributed by atoms with Gasteiger partial charge in [0.2, 0.25) is 0 Å². The van der Waals surface area contributed by atoms with Crippen molar-refractivity contribution in [2.75, 3.05) is 0 Å². The maximum absolute atomic E-state index is 10.4. The molecule has 0 radical (unpaired) electrons. The van der Waals surface area contributed by atoms with Crippen molar-refractivity contribution >= 4 is 34.1 Å². The molecule has 0 aliphatic heterocycles. The Morgan fingerprint density at radius 3 is 2.71 bits per heavy atom. The van der Waals surface area contributed by atoms with Gasteiger partial charge in [0.15, 0.2) is 5.17 Å². The first kappa shape index (κ1) is 10.7. The van der Waals surface area contributed by atoms with Gasteiger partial charge in [0.1, 0.15) is 0 Å². The quantitative estimate of drug-likeness (QED) is 0.370. The molecule has 0 saturated heterocycles. The fraction of sp³-hybridized carbons (Fsp3) is 0. The molecule has 1 N–H and O–H groups in total. The Balaban J connectivity index is 3.28. The maximum atomic E-state index is 10.4. The molecular formula is C7H4Cl2N2O3. The van der Waals surface area contributed by atoms with E-state index in [1.807, 2.05) is 0 Å². The first-order chi connectivity index (χ1) is 6.56. The number of nitro benzene ring substituents is 1. The summed E-state index contributed by atoms with van der Waals surface area (Å²) in [5.41, 5.74) is -0.0590. The van der Waals surface area contributed by atoms with Crippen LogP contribution in [0.15, 0.2) is 23.4 Å². The van der Waals surface area contributed by atoms with Gasteiger partial charge in [-0.25, -0.2) is 0 Å². The Hall–Kier alpha value is -1.33. The van der Waals surface area contributed by atoms with Gasteiger partial charge in [0.25, 0.3) is 5.69 Å². The van der Waals surface area contributed by atoms with Crippen molar-refractivity contribution in [2.45, 2.75) is 0 Å². The molecule has 7 heteroatoms. The number of nitrogens with zero attached hydrogens (tertiary/aromatic N) is 2.